The van der Waals surface area contributed by atoms with Crippen molar-refractivity contribution in [3.63, 3.8) is 0 Å². The monoisotopic (exact) mass is 273 g/mol. The van der Waals surface area contributed by atoms with Crippen LogP contribution in [0.1, 0.15) is 10.5 Å². The van der Waals surface area contributed by atoms with Crippen molar-refractivity contribution in [3.8, 4) is 11.4 Å². The van der Waals surface area contributed by atoms with E-state index in [9.17, 15) is 4.79 Å². The number of carbonyl (C=O) groups is 1. The van der Waals surface area contributed by atoms with Crippen molar-refractivity contribution in [3.05, 3.63) is 53.2 Å². The Morgan fingerprint density at radius 3 is 2.74 bits per heavy atom. The minimum absolute atomic E-state index is 0.0679. The number of nitrogens with zero attached hydrogens (tertiary/aromatic N) is 3. The van der Waals surface area contributed by atoms with Gasteiger partial charge >= 0.3 is 5.97 Å². The van der Waals surface area contributed by atoms with E-state index in [-0.39, 0.29) is 5.69 Å². The van der Waals surface area contributed by atoms with Gasteiger partial charge in [-0.25, -0.2) is 14.3 Å². The summed E-state index contributed by atoms with van der Waals surface area (Å²) in [5, 5.41) is 13.9. The van der Waals surface area contributed by atoms with Crippen LogP contribution in [0, 0.1) is 0 Å². The number of fused-ring (bicyclic) bond motifs is 1. The van der Waals surface area contributed by atoms with Crippen molar-refractivity contribution >= 4 is 23.2 Å². The molecule has 0 aliphatic heterocycles. The Hall–Kier alpha value is -2.40. The predicted molar refractivity (Wildman–Crippen MR) is 70.4 cm³/mol. The van der Waals surface area contributed by atoms with Crippen LogP contribution in [-0.2, 0) is 0 Å². The molecule has 0 spiro atoms. The SMILES string of the molecule is O=C(O)c1cccc2nc(-c3cccc(Cl)c3)nn12. The van der Waals surface area contributed by atoms with E-state index in [1.54, 1.807) is 30.3 Å². The third-order valence-corrected chi connectivity index (χ3v) is 2.90. The van der Waals surface area contributed by atoms with E-state index in [0.29, 0.717) is 16.5 Å². The molecule has 94 valence electrons. The lowest BCUT2D eigenvalue weighted by molar-refractivity contribution is 0.0687. The Morgan fingerprint density at radius 2 is 2.00 bits per heavy atom. The van der Waals surface area contributed by atoms with E-state index in [2.05, 4.69) is 10.1 Å². The lowest BCUT2D eigenvalue weighted by atomic mass is 10.2. The zero-order chi connectivity index (χ0) is 13.4. The maximum Gasteiger partial charge on any atom is 0.354 e. The molecule has 0 radical (unpaired) electrons. The maximum atomic E-state index is 11.1. The van der Waals surface area contributed by atoms with Gasteiger partial charge in [-0.3, -0.25) is 0 Å². The van der Waals surface area contributed by atoms with Crippen LogP contribution in [0.5, 0.6) is 0 Å². The summed E-state index contributed by atoms with van der Waals surface area (Å²) in [5.74, 6) is -0.607. The van der Waals surface area contributed by atoms with E-state index in [4.69, 9.17) is 16.7 Å². The number of carboxylic acids is 1. The van der Waals surface area contributed by atoms with E-state index in [1.165, 1.54) is 10.6 Å². The molecule has 0 aliphatic carbocycles. The number of rotatable bonds is 2. The van der Waals surface area contributed by atoms with Gasteiger partial charge in [0.05, 0.1) is 0 Å². The van der Waals surface area contributed by atoms with Crippen molar-refractivity contribution in [2.75, 3.05) is 0 Å². The highest BCUT2D eigenvalue weighted by Gasteiger charge is 2.12. The zero-order valence-electron chi connectivity index (χ0n) is 9.62. The summed E-state index contributed by atoms with van der Waals surface area (Å²) >= 11 is 5.92. The molecule has 0 aliphatic rings. The van der Waals surface area contributed by atoms with Gasteiger partial charge in [-0.2, -0.15) is 0 Å². The molecule has 0 atom stereocenters. The highest BCUT2D eigenvalue weighted by atomic mass is 35.5. The van der Waals surface area contributed by atoms with E-state index in [0.717, 1.165) is 5.56 Å². The fraction of sp³-hybridized carbons (Fsp3) is 0. The Balaban J connectivity index is 2.22. The number of hydrogen-bond donors (Lipinski definition) is 1. The average molecular weight is 274 g/mol. The molecule has 3 rings (SSSR count). The zero-order valence-corrected chi connectivity index (χ0v) is 10.4. The number of benzene rings is 1. The van der Waals surface area contributed by atoms with Gasteiger partial charge in [0, 0.05) is 10.6 Å². The molecule has 0 unspecified atom stereocenters. The van der Waals surface area contributed by atoms with E-state index < -0.39 is 5.97 Å². The van der Waals surface area contributed by atoms with Gasteiger partial charge in [0.15, 0.2) is 17.2 Å². The van der Waals surface area contributed by atoms with Crippen LogP contribution in [-0.4, -0.2) is 25.7 Å². The second kappa shape index (κ2) is 4.37. The first kappa shape index (κ1) is 11.7. The predicted octanol–water partition coefficient (Wildman–Crippen LogP) is 2.75. The average Bonchev–Trinajstić information content (AvgIpc) is 2.82. The highest BCUT2D eigenvalue weighted by molar-refractivity contribution is 6.30. The summed E-state index contributed by atoms with van der Waals surface area (Å²) in [7, 11) is 0. The van der Waals surface area contributed by atoms with Crippen LogP contribution in [0.4, 0.5) is 0 Å². The number of halogens is 1. The molecule has 0 saturated heterocycles. The molecule has 2 aromatic heterocycles. The van der Waals surface area contributed by atoms with Gasteiger partial charge in [-0.15, -0.1) is 5.10 Å². The molecule has 1 aromatic carbocycles. The smallest absolute Gasteiger partial charge is 0.354 e. The molecule has 5 nitrogen and oxygen atoms in total. The Labute approximate surface area is 113 Å². The van der Waals surface area contributed by atoms with Gasteiger partial charge in [0.25, 0.3) is 0 Å². The summed E-state index contributed by atoms with van der Waals surface area (Å²) in [6.07, 6.45) is 0. The quantitative estimate of drug-likeness (QED) is 0.779. The molecule has 0 saturated carbocycles. The van der Waals surface area contributed by atoms with Gasteiger partial charge in [0.1, 0.15) is 0 Å². The summed E-state index contributed by atoms with van der Waals surface area (Å²) in [6.45, 7) is 0. The van der Waals surface area contributed by atoms with Crippen molar-refractivity contribution in [1.82, 2.24) is 14.6 Å². The van der Waals surface area contributed by atoms with Crippen LogP contribution in [0.3, 0.4) is 0 Å². The third-order valence-electron chi connectivity index (χ3n) is 2.66. The molecular formula is C13H8ClN3O2. The first-order valence-corrected chi connectivity index (χ1v) is 5.88. The molecule has 3 aromatic rings. The van der Waals surface area contributed by atoms with E-state index >= 15 is 0 Å². The topological polar surface area (TPSA) is 67.5 Å². The number of carboxylic acid groups (broad SMARTS) is 1. The minimum Gasteiger partial charge on any atom is -0.477 e. The first-order valence-electron chi connectivity index (χ1n) is 5.50. The fourth-order valence-corrected chi connectivity index (χ4v) is 2.01. The summed E-state index contributed by atoms with van der Waals surface area (Å²) < 4.78 is 1.30. The molecule has 0 amide bonds. The molecule has 6 heteroatoms. The number of pyridine rings is 1. The first-order chi connectivity index (χ1) is 9.15. The maximum absolute atomic E-state index is 11.1. The Kier molecular flexibility index (Phi) is 2.68. The third kappa shape index (κ3) is 2.04. The molecule has 19 heavy (non-hydrogen) atoms. The summed E-state index contributed by atoms with van der Waals surface area (Å²) in [6, 6.07) is 11.9. The number of hydrogen-bond acceptors (Lipinski definition) is 3. The molecule has 0 bridgehead atoms. The summed E-state index contributed by atoms with van der Waals surface area (Å²) in [5.41, 5.74) is 1.29. The van der Waals surface area contributed by atoms with Crippen LogP contribution in [0.25, 0.3) is 17.0 Å². The van der Waals surface area contributed by atoms with Gasteiger partial charge in [-0.05, 0) is 24.3 Å². The largest absolute Gasteiger partial charge is 0.477 e. The second-order valence-corrected chi connectivity index (χ2v) is 4.37. The summed E-state index contributed by atoms with van der Waals surface area (Å²) in [4.78, 5) is 15.4. The lowest BCUT2D eigenvalue weighted by Crippen LogP contribution is -2.05. The lowest BCUT2D eigenvalue weighted by Gasteiger charge is -1.96. The number of aromatic nitrogens is 3. The second-order valence-electron chi connectivity index (χ2n) is 3.93. The molecule has 2 heterocycles. The van der Waals surface area contributed by atoms with Crippen LogP contribution >= 0.6 is 11.6 Å². The van der Waals surface area contributed by atoms with Crippen LogP contribution < -0.4 is 0 Å². The van der Waals surface area contributed by atoms with Crippen molar-refractivity contribution in [1.29, 1.82) is 0 Å². The van der Waals surface area contributed by atoms with Crippen molar-refractivity contribution in [2.45, 2.75) is 0 Å². The molecular weight excluding hydrogens is 266 g/mol. The molecule has 0 fully saturated rings. The van der Waals surface area contributed by atoms with Gasteiger partial charge in [0.2, 0.25) is 0 Å². The van der Waals surface area contributed by atoms with Crippen molar-refractivity contribution in [2.24, 2.45) is 0 Å². The highest BCUT2D eigenvalue weighted by Crippen LogP contribution is 2.20. The van der Waals surface area contributed by atoms with Gasteiger partial charge < -0.3 is 5.11 Å². The van der Waals surface area contributed by atoms with E-state index in [1.807, 2.05) is 6.07 Å². The van der Waals surface area contributed by atoms with Crippen LogP contribution in [0.15, 0.2) is 42.5 Å². The standard InChI is InChI=1S/C13H8ClN3O2/c14-9-4-1-3-8(7-9)12-15-11-6-2-5-10(13(18)19)17(11)16-12/h1-7H,(H,18,19). The minimum atomic E-state index is -1.05. The van der Waals surface area contributed by atoms with Gasteiger partial charge in [-0.1, -0.05) is 29.8 Å². The van der Waals surface area contributed by atoms with Crippen molar-refractivity contribution < 1.29 is 9.90 Å². The molecule has 1 N–H and O–H groups in total. The Bertz CT molecular complexity index is 782. The normalized spacial score (nSPS) is 10.8. The van der Waals surface area contributed by atoms with Crippen LogP contribution in [0.2, 0.25) is 5.02 Å². The number of aromatic carboxylic acids is 1. The Morgan fingerprint density at radius 1 is 1.21 bits per heavy atom. The fourth-order valence-electron chi connectivity index (χ4n) is 1.82.